The fourth-order valence-electron chi connectivity index (χ4n) is 1.32. The summed E-state index contributed by atoms with van der Waals surface area (Å²) in [7, 11) is 1.33. The number of rotatable bonds is 3. The third-order valence-electron chi connectivity index (χ3n) is 2.13. The molecular formula is C11H11Br2ClO2. The van der Waals surface area contributed by atoms with Crippen molar-refractivity contribution in [1.29, 1.82) is 0 Å². The zero-order chi connectivity index (χ0) is 12.3. The van der Waals surface area contributed by atoms with Gasteiger partial charge in [-0.15, -0.1) is 11.6 Å². The Morgan fingerprint density at radius 2 is 1.94 bits per heavy atom. The number of esters is 1. The fraction of sp³-hybridized carbons (Fsp3) is 0.364. The van der Waals surface area contributed by atoms with E-state index in [1.54, 1.807) is 0 Å². The minimum atomic E-state index is -0.666. The van der Waals surface area contributed by atoms with Crippen molar-refractivity contribution in [3.8, 4) is 0 Å². The molecule has 5 heteroatoms. The molecule has 1 atom stereocenters. The van der Waals surface area contributed by atoms with Gasteiger partial charge in [0, 0.05) is 15.4 Å². The van der Waals surface area contributed by atoms with E-state index in [1.165, 1.54) is 7.11 Å². The van der Waals surface area contributed by atoms with Crippen molar-refractivity contribution in [3.63, 3.8) is 0 Å². The van der Waals surface area contributed by atoms with Crippen molar-refractivity contribution in [1.82, 2.24) is 0 Å². The Bertz CT molecular complexity index is 384. The largest absolute Gasteiger partial charge is 0.468 e. The van der Waals surface area contributed by atoms with Gasteiger partial charge in [-0.1, -0.05) is 31.9 Å². The lowest BCUT2D eigenvalue weighted by Crippen LogP contribution is -2.19. The minimum Gasteiger partial charge on any atom is -0.468 e. The van der Waals surface area contributed by atoms with Crippen LogP contribution in [0.5, 0.6) is 0 Å². The van der Waals surface area contributed by atoms with Crippen LogP contribution in [0.25, 0.3) is 0 Å². The molecule has 1 unspecified atom stereocenters. The Hall–Kier alpha value is -0.0600. The van der Waals surface area contributed by atoms with Gasteiger partial charge < -0.3 is 4.74 Å². The lowest BCUT2D eigenvalue weighted by molar-refractivity contribution is -0.140. The number of halogens is 3. The molecule has 0 bridgehead atoms. The molecule has 0 spiro atoms. The molecule has 0 aliphatic carbocycles. The van der Waals surface area contributed by atoms with Crippen molar-refractivity contribution < 1.29 is 9.53 Å². The van der Waals surface area contributed by atoms with Crippen molar-refractivity contribution >= 4 is 49.4 Å². The van der Waals surface area contributed by atoms with Gasteiger partial charge in [0.15, 0.2) is 0 Å². The molecule has 0 heterocycles. The van der Waals surface area contributed by atoms with Gasteiger partial charge in [-0.05, 0) is 30.2 Å². The van der Waals surface area contributed by atoms with Crippen molar-refractivity contribution in [2.75, 3.05) is 7.11 Å². The van der Waals surface area contributed by atoms with E-state index >= 15 is 0 Å². The molecule has 1 aromatic rings. The number of methoxy groups -OCH3 is 1. The summed E-state index contributed by atoms with van der Waals surface area (Å²) in [4.78, 5) is 11.2. The van der Waals surface area contributed by atoms with Gasteiger partial charge in [0.1, 0.15) is 5.38 Å². The fourth-order valence-corrected chi connectivity index (χ4v) is 3.30. The second kappa shape index (κ2) is 6.03. The van der Waals surface area contributed by atoms with Crippen molar-refractivity contribution in [3.05, 3.63) is 32.2 Å². The first-order chi connectivity index (χ1) is 7.45. The zero-order valence-corrected chi connectivity index (χ0v) is 12.8. The third kappa shape index (κ3) is 3.47. The van der Waals surface area contributed by atoms with Crippen LogP contribution in [0.1, 0.15) is 11.1 Å². The molecule has 0 saturated carbocycles. The van der Waals surface area contributed by atoms with Crippen LogP contribution in [-0.4, -0.2) is 18.5 Å². The number of alkyl halides is 1. The number of ether oxygens (including phenoxy) is 1. The number of aryl methyl sites for hydroxylation is 1. The molecule has 0 aliphatic rings. The van der Waals surface area contributed by atoms with Crippen LogP contribution >= 0.6 is 43.5 Å². The van der Waals surface area contributed by atoms with E-state index in [9.17, 15) is 4.79 Å². The smallest absolute Gasteiger partial charge is 0.324 e. The molecule has 0 saturated heterocycles. The second-order valence-electron chi connectivity index (χ2n) is 3.40. The molecule has 0 amide bonds. The molecule has 16 heavy (non-hydrogen) atoms. The summed E-state index contributed by atoms with van der Waals surface area (Å²) in [5.74, 6) is -0.416. The summed E-state index contributed by atoms with van der Waals surface area (Å²) in [6.07, 6.45) is 0.426. The Balaban J connectivity index is 2.93. The second-order valence-corrected chi connectivity index (χ2v) is 5.64. The maximum Gasteiger partial charge on any atom is 0.324 e. The van der Waals surface area contributed by atoms with Gasteiger partial charge in [0.2, 0.25) is 0 Å². The lowest BCUT2D eigenvalue weighted by Gasteiger charge is -2.11. The maximum absolute atomic E-state index is 11.2. The topological polar surface area (TPSA) is 26.3 Å². The molecule has 2 nitrogen and oxygen atoms in total. The standard InChI is InChI=1S/C11H11Br2ClO2/c1-6-3-8(12)7(9(13)4-6)5-10(14)11(15)16-2/h3-4,10H,5H2,1-2H3. The van der Waals surface area contributed by atoms with Gasteiger partial charge in [0.25, 0.3) is 0 Å². The Labute approximate surface area is 117 Å². The molecule has 88 valence electrons. The van der Waals surface area contributed by atoms with Gasteiger partial charge in [-0.3, -0.25) is 4.79 Å². The summed E-state index contributed by atoms with van der Waals surface area (Å²) in [6.45, 7) is 2.00. The van der Waals surface area contributed by atoms with Crippen LogP contribution in [0.3, 0.4) is 0 Å². The Kier molecular flexibility index (Phi) is 5.28. The molecular weight excluding hydrogens is 359 g/mol. The van der Waals surface area contributed by atoms with Crippen LogP contribution in [0.2, 0.25) is 0 Å². The lowest BCUT2D eigenvalue weighted by atomic mass is 10.1. The first kappa shape index (κ1) is 14.0. The summed E-state index contributed by atoms with van der Waals surface area (Å²) >= 11 is 12.8. The van der Waals surface area contributed by atoms with Crippen LogP contribution in [0.15, 0.2) is 21.1 Å². The Morgan fingerprint density at radius 3 is 2.38 bits per heavy atom. The first-order valence-electron chi connectivity index (χ1n) is 4.62. The molecule has 0 aliphatic heterocycles. The highest BCUT2D eigenvalue weighted by atomic mass is 79.9. The van der Waals surface area contributed by atoms with Gasteiger partial charge >= 0.3 is 5.97 Å². The quantitative estimate of drug-likeness (QED) is 0.597. The molecule has 0 fully saturated rings. The predicted octanol–water partition coefficient (Wildman–Crippen LogP) is 3.84. The first-order valence-corrected chi connectivity index (χ1v) is 6.64. The van der Waals surface area contributed by atoms with Crippen LogP contribution in [-0.2, 0) is 16.0 Å². The van der Waals surface area contributed by atoms with Gasteiger partial charge in [0.05, 0.1) is 7.11 Å². The summed E-state index contributed by atoms with van der Waals surface area (Å²) in [5.41, 5.74) is 2.10. The monoisotopic (exact) mass is 368 g/mol. The predicted molar refractivity (Wildman–Crippen MR) is 71.9 cm³/mol. The van der Waals surface area contributed by atoms with Crippen LogP contribution < -0.4 is 0 Å². The van der Waals surface area contributed by atoms with E-state index < -0.39 is 11.3 Å². The molecule has 1 aromatic carbocycles. The van der Waals surface area contributed by atoms with Crippen LogP contribution in [0.4, 0.5) is 0 Å². The van der Waals surface area contributed by atoms with Crippen LogP contribution in [0, 0.1) is 6.92 Å². The summed E-state index contributed by atoms with van der Waals surface area (Å²) in [6, 6.07) is 3.97. The third-order valence-corrected chi connectivity index (χ3v) is 3.87. The SMILES string of the molecule is COC(=O)C(Cl)Cc1c(Br)cc(C)cc1Br. The number of carbonyl (C=O) groups excluding carboxylic acids is 1. The highest BCUT2D eigenvalue weighted by molar-refractivity contribution is 9.11. The normalized spacial score (nSPS) is 12.3. The number of carbonyl (C=O) groups is 1. The van der Waals surface area contributed by atoms with E-state index in [-0.39, 0.29) is 0 Å². The van der Waals surface area contributed by atoms with Crippen molar-refractivity contribution in [2.24, 2.45) is 0 Å². The average Bonchev–Trinajstić information content (AvgIpc) is 2.21. The average molecular weight is 370 g/mol. The van der Waals surface area contributed by atoms with E-state index in [2.05, 4.69) is 36.6 Å². The Morgan fingerprint density at radius 1 is 1.44 bits per heavy atom. The van der Waals surface area contributed by atoms with Gasteiger partial charge in [-0.25, -0.2) is 0 Å². The van der Waals surface area contributed by atoms with E-state index in [1.807, 2.05) is 19.1 Å². The molecule has 1 rings (SSSR count). The van der Waals surface area contributed by atoms with E-state index in [4.69, 9.17) is 11.6 Å². The number of benzene rings is 1. The summed E-state index contributed by atoms with van der Waals surface area (Å²) < 4.78 is 6.46. The molecule has 0 aromatic heterocycles. The molecule has 0 radical (unpaired) electrons. The van der Waals surface area contributed by atoms with E-state index in [0.29, 0.717) is 6.42 Å². The zero-order valence-electron chi connectivity index (χ0n) is 8.89. The number of hydrogen-bond donors (Lipinski definition) is 0. The van der Waals surface area contributed by atoms with E-state index in [0.717, 1.165) is 20.1 Å². The maximum atomic E-state index is 11.2. The number of hydrogen-bond acceptors (Lipinski definition) is 2. The highest BCUT2D eigenvalue weighted by Crippen LogP contribution is 2.29. The highest BCUT2D eigenvalue weighted by Gasteiger charge is 2.19. The summed E-state index contributed by atoms with van der Waals surface area (Å²) in [5, 5.41) is -0.666. The van der Waals surface area contributed by atoms with Gasteiger partial charge in [-0.2, -0.15) is 0 Å². The van der Waals surface area contributed by atoms with Crippen molar-refractivity contribution in [2.45, 2.75) is 18.7 Å². The molecule has 0 N–H and O–H groups in total. The minimum absolute atomic E-state index is 0.416.